The molecular weight excluding hydrogens is 216 g/mol. The van der Waals surface area contributed by atoms with Crippen molar-refractivity contribution in [2.45, 2.75) is 37.3 Å². The Labute approximate surface area is 101 Å². The highest BCUT2D eigenvalue weighted by Gasteiger charge is 2.46. The van der Waals surface area contributed by atoms with E-state index >= 15 is 0 Å². The second kappa shape index (κ2) is 3.31. The van der Waals surface area contributed by atoms with E-state index in [1.807, 2.05) is 11.3 Å². The molecule has 86 valence electrons. The molecule has 0 aromatic carbocycles. The first-order valence-electron chi connectivity index (χ1n) is 6.43. The summed E-state index contributed by atoms with van der Waals surface area (Å²) in [5, 5.41) is 6.10. The van der Waals surface area contributed by atoms with Crippen LogP contribution in [-0.2, 0) is 12.0 Å². The number of thiophene rings is 1. The molecule has 1 aromatic heterocycles. The molecule has 4 rings (SSSR count). The van der Waals surface area contributed by atoms with Gasteiger partial charge >= 0.3 is 0 Å². The minimum Gasteiger partial charge on any atom is -0.305 e. The van der Waals surface area contributed by atoms with Crippen molar-refractivity contribution in [1.29, 1.82) is 0 Å². The molecule has 0 radical (unpaired) electrons. The standard InChI is InChI=1S/C13H18N2S/c1-2-11(1)15-7-5-13(9-15)12-10(3-6-14-13)4-8-16-12/h4,8,11,14H,1-3,5-7,9H2. The first-order chi connectivity index (χ1) is 7.87. The summed E-state index contributed by atoms with van der Waals surface area (Å²) < 4.78 is 0. The second-order valence-corrected chi connectivity index (χ2v) is 6.40. The maximum Gasteiger partial charge on any atom is 0.0672 e. The molecule has 1 unspecified atom stereocenters. The van der Waals surface area contributed by atoms with Crippen molar-refractivity contribution >= 4 is 11.3 Å². The largest absolute Gasteiger partial charge is 0.305 e. The summed E-state index contributed by atoms with van der Waals surface area (Å²) in [6.07, 6.45) is 5.42. The molecule has 1 spiro atoms. The fourth-order valence-corrected chi connectivity index (χ4v) is 4.54. The Hall–Kier alpha value is -0.380. The Bertz CT molecular complexity index is 410. The van der Waals surface area contributed by atoms with Gasteiger partial charge < -0.3 is 5.32 Å². The van der Waals surface area contributed by atoms with Crippen molar-refractivity contribution in [2.75, 3.05) is 19.6 Å². The average Bonchev–Trinajstić information content (AvgIpc) is 2.88. The van der Waals surface area contributed by atoms with Crippen LogP contribution in [0.3, 0.4) is 0 Å². The van der Waals surface area contributed by atoms with Gasteiger partial charge in [-0.15, -0.1) is 11.3 Å². The second-order valence-electron chi connectivity index (χ2n) is 5.49. The molecule has 3 heterocycles. The highest BCUT2D eigenvalue weighted by atomic mass is 32.1. The molecule has 1 aliphatic carbocycles. The molecule has 3 heteroatoms. The van der Waals surface area contributed by atoms with E-state index in [0.29, 0.717) is 5.54 Å². The van der Waals surface area contributed by atoms with Crippen LogP contribution in [0.2, 0.25) is 0 Å². The molecule has 0 amide bonds. The highest BCUT2D eigenvalue weighted by molar-refractivity contribution is 7.10. The van der Waals surface area contributed by atoms with Crippen molar-refractivity contribution in [3.05, 3.63) is 21.9 Å². The van der Waals surface area contributed by atoms with Crippen LogP contribution < -0.4 is 5.32 Å². The average molecular weight is 234 g/mol. The van der Waals surface area contributed by atoms with E-state index in [1.165, 1.54) is 45.3 Å². The molecule has 1 saturated heterocycles. The van der Waals surface area contributed by atoms with Crippen LogP contribution >= 0.6 is 11.3 Å². The molecule has 1 aromatic rings. The zero-order valence-corrected chi connectivity index (χ0v) is 10.4. The van der Waals surface area contributed by atoms with Crippen LogP contribution in [0.4, 0.5) is 0 Å². The summed E-state index contributed by atoms with van der Waals surface area (Å²) in [6, 6.07) is 3.26. The van der Waals surface area contributed by atoms with E-state index in [4.69, 9.17) is 0 Å². The van der Waals surface area contributed by atoms with Gasteiger partial charge in [0.15, 0.2) is 0 Å². The normalized spacial score (nSPS) is 34.5. The molecule has 1 saturated carbocycles. The van der Waals surface area contributed by atoms with E-state index < -0.39 is 0 Å². The number of nitrogens with zero attached hydrogens (tertiary/aromatic N) is 1. The fraction of sp³-hybridized carbons (Fsp3) is 0.692. The maximum atomic E-state index is 3.82. The Morgan fingerprint density at radius 1 is 1.44 bits per heavy atom. The van der Waals surface area contributed by atoms with Gasteiger partial charge in [0.05, 0.1) is 5.54 Å². The minimum atomic E-state index is 0.324. The predicted molar refractivity (Wildman–Crippen MR) is 66.9 cm³/mol. The minimum absolute atomic E-state index is 0.324. The highest BCUT2D eigenvalue weighted by Crippen LogP contribution is 2.42. The van der Waals surface area contributed by atoms with E-state index in [9.17, 15) is 0 Å². The first kappa shape index (κ1) is 9.63. The van der Waals surface area contributed by atoms with Crippen molar-refractivity contribution in [1.82, 2.24) is 10.2 Å². The van der Waals surface area contributed by atoms with E-state index in [2.05, 4.69) is 21.7 Å². The van der Waals surface area contributed by atoms with Crippen molar-refractivity contribution < 1.29 is 0 Å². The van der Waals surface area contributed by atoms with Crippen LogP contribution in [0.1, 0.15) is 29.7 Å². The summed E-state index contributed by atoms with van der Waals surface area (Å²) in [5.41, 5.74) is 1.94. The number of hydrogen-bond donors (Lipinski definition) is 1. The van der Waals surface area contributed by atoms with Crippen molar-refractivity contribution in [2.24, 2.45) is 0 Å². The number of likely N-dealkylation sites (tertiary alicyclic amines) is 1. The smallest absolute Gasteiger partial charge is 0.0672 e. The van der Waals surface area contributed by atoms with Gasteiger partial charge in [-0.05, 0) is 42.7 Å². The molecule has 2 aliphatic heterocycles. The van der Waals surface area contributed by atoms with Gasteiger partial charge in [0.1, 0.15) is 0 Å². The van der Waals surface area contributed by atoms with E-state index in [1.54, 1.807) is 10.4 Å². The number of hydrogen-bond acceptors (Lipinski definition) is 3. The first-order valence-corrected chi connectivity index (χ1v) is 7.31. The summed E-state index contributed by atoms with van der Waals surface area (Å²) in [4.78, 5) is 4.35. The van der Waals surface area contributed by atoms with Crippen LogP contribution in [-0.4, -0.2) is 30.6 Å². The lowest BCUT2D eigenvalue weighted by Crippen LogP contribution is -2.48. The SMILES string of the molecule is c1cc2c(s1)C1(CCN(C3CC3)C1)NCC2. The quantitative estimate of drug-likeness (QED) is 0.799. The molecule has 2 nitrogen and oxygen atoms in total. The predicted octanol–water partition coefficient (Wildman–Crippen LogP) is 1.96. The van der Waals surface area contributed by atoms with Gasteiger partial charge in [0.2, 0.25) is 0 Å². The van der Waals surface area contributed by atoms with Crippen LogP contribution in [0, 0.1) is 0 Å². The van der Waals surface area contributed by atoms with Crippen LogP contribution in [0.15, 0.2) is 11.4 Å². The van der Waals surface area contributed by atoms with Crippen LogP contribution in [0.25, 0.3) is 0 Å². The monoisotopic (exact) mass is 234 g/mol. The Kier molecular flexibility index (Phi) is 1.99. The lowest BCUT2D eigenvalue weighted by Gasteiger charge is -2.35. The molecule has 3 aliphatic rings. The topological polar surface area (TPSA) is 15.3 Å². The van der Waals surface area contributed by atoms with Gasteiger partial charge in [-0.1, -0.05) is 0 Å². The lowest BCUT2D eigenvalue weighted by molar-refractivity contribution is 0.271. The number of rotatable bonds is 1. The van der Waals surface area contributed by atoms with Gasteiger partial charge in [-0.2, -0.15) is 0 Å². The maximum absolute atomic E-state index is 3.82. The zero-order chi connectivity index (χ0) is 10.6. The summed E-state index contributed by atoms with van der Waals surface area (Å²) in [6.45, 7) is 3.72. The van der Waals surface area contributed by atoms with Gasteiger partial charge in [-0.25, -0.2) is 0 Å². The van der Waals surface area contributed by atoms with Gasteiger partial charge in [0.25, 0.3) is 0 Å². The molecule has 1 atom stereocenters. The third-order valence-corrected chi connectivity index (χ3v) is 5.56. The number of nitrogens with one attached hydrogen (secondary N) is 1. The lowest BCUT2D eigenvalue weighted by atomic mass is 9.89. The Morgan fingerprint density at radius 3 is 3.25 bits per heavy atom. The Balaban J connectivity index is 1.68. The molecule has 2 fully saturated rings. The van der Waals surface area contributed by atoms with Crippen molar-refractivity contribution in [3.63, 3.8) is 0 Å². The van der Waals surface area contributed by atoms with Gasteiger partial charge in [-0.3, -0.25) is 4.90 Å². The van der Waals surface area contributed by atoms with E-state index in [0.717, 1.165) is 6.04 Å². The number of fused-ring (bicyclic) bond motifs is 2. The molecule has 1 N–H and O–H groups in total. The van der Waals surface area contributed by atoms with Crippen LogP contribution in [0.5, 0.6) is 0 Å². The summed E-state index contributed by atoms with van der Waals surface area (Å²) in [5.74, 6) is 0. The summed E-state index contributed by atoms with van der Waals surface area (Å²) in [7, 11) is 0. The van der Waals surface area contributed by atoms with Crippen molar-refractivity contribution in [3.8, 4) is 0 Å². The van der Waals surface area contributed by atoms with E-state index in [-0.39, 0.29) is 0 Å². The molecule has 16 heavy (non-hydrogen) atoms. The fourth-order valence-electron chi connectivity index (χ4n) is 3.39. The molecule has 0 bridgehead atoms. The zero-order valence-electron chi connectivity index (χ0n) is 9.54. The Morgan fingerprint density at radius 2 is 2.38 bits per heavy atom. The molecular formula is C13H18N2S. The third kappa shape index (κ3) is 1.31. The summed E-state index contributed by atoms with van der Waals surface area (Å²) >= 11 is 1.97. The van der Waals surface area contributed by atoms with Gasteiger partial charge in [0, 0.05) is 30.6 Å². The third-order valence-electron chi connectivity index (χ3n) is 4.40.